The van der Waals surface area contributed by atoms with Crippen molar-refractivity contribution in [1.29, 1.82) is 0 Å². The Morgan fingerprint density at radius 3 is 2.40 bits per heavy atom. The van der Waals surface area contributed by atoms with Gasteiger partial charge in [-0.2, -0.15) is 0 Å². The topological polar surface area (TPSA) is 67.6 Å². The van der Waals surface area contributed by atoms with Crippen molar-refractivity contribution in [3.8, 4) is 0 Å². The zero-order valence-corrected chi connectivity index (χ0v) is 14.7. The van der Waals surface area contributed by atoms with Gasteiger partial charge in [0.15, 0.2) is 0 Å². The molecule has 1 amide bonds. The van der Waals surface area contributed by atoms with Crippen molar-refractivity contribution < 1.29 is 9.53 Å². The van der Waals surface area contributed by atoms with E-state index in [0.717, 1.165) is 32.5 Å². The number of carbonyl (C=O) groups is 1. The Kier molecular flexibility index (Phi) is 19.1. The number of rotatable bonds is 10. The van der Waals surface area contributed by atoms with E-state index in [9.17, 15) is 4.79 Å². The SMILES string of the molecule is COCCCN(C)CCNC(=O)[C@@H](N)CC(C)C.Cl.Cl. The number of amides is 1. The lowest BCUT2D eigenvalue weighted by molar-refractivity contribution is -0.122. The molecule has 0 radical (unpaired) electrons. The fraction of sp³-hybridized carbons (Fsp3) is 0.923. The molecule has 0 unspecified atom stereocenters. The zero-order chi connectivity index (χ0) is 14.0. The summed E-state index contributed by atoms with van der Waals surface area (Å²) in [5.41, 5.74) is 5.79. The molecule has 0 saturated carbocycles. The van der Waals surface area contributed by atoms with Gasteiger partial charge in [0.2, 0.25) is 5.91 Å². The van der Waals surface area contributed by atoms with Gasteiger partial charge in [0.05, 0.1) is 6.04 Å². The molecule has 0 heterocycles. The number of nitrogens with zero attached hydrogens (tertiary/aromatic N) is 1. The summed E-state index contributed by atoms with van der Waals surface area (Å²) in [4.78, 5) is 13.8. The quantitative estimate of drug-likeness (QED) is 0.592. The van der Waals surface area contributed by atoms with Crippen LogP contribution in [0.15, 0.2) is 0 Å². The highest BCUT2D eigenvalue weighted by Gasteiger charge is 2.14. The Morgan fingerprint density at radius 1 is 1.30 bits per heavy atom. The summed E-state index contributed by atoms with van der Waals surface area (Å²) in [6, 6.07) is -0.385. The van der Waals surface area contributed by atoms with Crippen molar-refractivity contribution in [2.45, 2.75) is 32.7 Å². The highest BCUT2D eigenvalue weighted by atomic mass is 35.5. The van der Waals surface area contributed by atoms with E-state index in [2.05, 4.69) is 24.1 Å². The van der Waals surface area contributed by atoms with E-state index < -0.39 is 0 Å². The average Bonchev–Trinajstić information content (AvgIpc) is 2.28. The fourth-order valence-corrected chi connectivity index (χ4v) is 1.71. The first kappa shape index (κ1) is 24.9. The molecule has 0 aromatic heterocycles. The van der Waals surface area contributed by atoms with E-state index in [-0.39, 0.29) is 36.8 Å². The lowest BCUT2D eigenvalue weighted by atomic mass is 10.0. The molecule has 0 fully saturated rings. The summed E-state index contributed by atoms with van der Waals surface area (Å²) < 4.78 is 4.99. The highest BCUT2D eigenvalue weighted by molar-refractivity contribution is 5.85. The van der Waals surface area contributed by atoms with Crippen LogP contribution in [0.1, 0.15) is 26.7 Å². The van der Waals surface area contributed by atoms with Gasteiger partial charge in [-0.05, 0) is 25.8 Å². The third-order valence-corrected chi connectivity index (χ3v) is 2.74. The standard InChI is InChI=1S/C13H29N3O2.2ClH/c1-11(2)10-12(14)13(17)15-6-8-16(3)7-5-9-18-4;;/h11-12H,5-10,14H2,1-4H3,(H,15,17);2*1H/t12-;;/m0../s1. The summed E-state index contributed by atoms with van der Waals surface area (Å²) in [5, 5.41) is 2.87. The van der Waals surface area contributed by atoms with Crippen LogP contribution in [0.4, 0.5) is 0 Å². The van der Waals surface area contributed by atoms with E-state index >= 15 is 0 Å². The summed E-state index contributed by atoms with van der Waals surface area (Å²) in [6.45, 7) is 7.36. The second-order valence-corrected chi connectivity index (χ2v) is 5.18. The molecule has 0 bridgehead atoms. The summed E-state index contributed by atoms with van der Waals surface area (Å²) in [7, 11) is 3.74. The normalized spacial score (nSPS) is 11.8. The van der Waals surface area contributed by atoms with Gasteiger partial charge in [0.25, 0.3) is 0 Å². The van der Waals surface area contributed by atoms with Gasteiger partial charge in [-0.1, -0.05) is 13.8 Å². The predicted molar refractivity (Wildman–Crippen MR) is 88.9 cm³/mol. The largest absolute Gasteiger partial charge is 0.385 e. The molecular weight excluding hydrogens is 301 g/mol. The Labute approximate surface area is 135 Å². The molecule has 0 aromatic carbocycles. The Bertz CT molecular complexity index is 232. The molecule has 20 heavy (non-hydrogen) atoms. The number of nitrogens with two attached hydrogens (primary N) is 1. The minimum absolute atomic E-state index is 0. The molecule has 0 aliphatic rings. The van der Waals surface area contributed by atoms with Crippen LogP contribution < -0.4 is 11.1 Å². The van der Waals surface area contributed by atoms with Crippen LogP contribution in [0.25, 0.3) is 0 Å². The van der Waals surface area contributed by atoms with Gasteiger partial charge < -0.3 is 20.7 Å². The van der Waals surface area contributed by atoms with Crippen molar-refractivity contribution in [3.63, 3.8) is 0 Å². The van der Waals surface area contributed by atoms with Crippen molar-refractivity contribution in [2.24, 2.45) is 11.7 Å². The average molecular weight is 332 g/mol. The molecule has 7 heteroatoms. The number of carbonyl (C=O) groups excluding carboxylic acids is 1. The molecule has 0 spiro atoms. The number of hydrogen-bond acceptors (Lipinski definition) is 4. The minimum Gasteiger partial charge on any atom is -0.385 e. The third-order valence-electron chi connectivity index (χ3n) is 2.74. The predicted octanol–water partition coefficient (Wildman–Crippen LogP) is 1.29. The van der Waals surface area contributed by atoms with E-state index in [0.29, 0.717) is 12.5 Å². The van der Waals surface area contributed by atoms with Gasteiger partial charge in [0.1, 0.15) is 0 Å². The van der Waals surface area contributed by atoms with Crippen LogP contribution in [-0.4, -0.2) is 57.2 Å². The Morgan fingerprint density at radius 2 is 1.90 bits per heavy atom. The van der Waals surface area contributed by atoms with E-state index in [1.165, 1.54) is 0 Å². The number of methoxy groups -OCH3 is 1. The maximum Gasteiger partial charge on any atom is 0.236 e. The van der Waals surface area contributed by atoms with Crippen LogP contribution in [0.2, 0.25) is 0 Å². The lowest BCUT2D eigenvalue weighted by Gasteiger charge is -2.18. The molecule has 3 N–H and O–H groups in total. The van der Waals surface area contributed by atoms with Gasteiger partial charge >= 0.3 is 0 Å². The molecule has 0 aliphatic carbocycles. The highest BCUT2D eigenvalue weighted by Crippen LogP contribution is 2.02. The number of likely N-dealkylation sites (N-methyl/N-ethyl adjacent to an activating group) is 1. The molecule has 0 rings (SSSR count). The third kappa shape index (κ3) is 14.3. The number of hydrogen-bond donors (Lipinski definition) is 2. The first-order valence-corrected chi connectivity index (χ1v) is 6.68. The smallest absolute Gasteiger partial charge is 0.236 e. The number of nitrogens with one attached hydrogen (secondary N) is 1. The number of ether oxygens (including phenoxy) is 1. The van der Waals surface area contributed by atoms with Crippen LogP contribution in [0.5, 0.6) is 0 Å². The Balaban J connectivity index is -0.00000144. The van der Waals surface area contributed by atoms with Gasteiger partial charge in [-0.25, -0.2) is 0 Å². The van der Waals surface area contributed by atoms with Crippen LogP contribution in [-0.2, 0) is 9.53 Å². The van der Waals surface area contributed by atoms with Gasteiger partial charge in [0, 0.05) is 33.4 Å². The first-order chi connectivity index (χ1) is 8.47. The number of halogens is 2. The fourth-order valence-electron chi connectivity index (χ4n) is 1.71. The molecule has 1 atom stereocenters. The maximum atomic E-state index is 11.6. The van der Waals surface area contributed by atoms with Crippen LogP contribution in [0, 0.1) is 5.92 Å². The summed E-state index contributed by atoms with van der Waals surface area (Å²) in [5.74, 6) is 0.399. The zero-order valence-electron chi connectivity index (χ0n) is 13.1. The first-order valence-electron chi connectivity index (χ1n) is 6.68. The van der Waals surface area contributed by atoms with E-state index in [4.69, 9.17) is 10.5 Å². The summed E-state index contributed by atoms with van der Waals surface area (Å²) in [6.07, 6.45) is 1.74. The van der Waals surface area contributed by atoms with E-state index in [1.807, 2.05) is 7.05 Å². The monoisotopic (exact) mass is 331 g/mol. The van der Waals surface area contributed by atoms with E-state index in [1.54, 1.807) is 7.11 Å². The molecule has 0 aromatic rings. The van der Waals surface area contributed by atoms with Crippen molar-refractivity contribution >= 4 is 30.7 Å². The second-order valence-electron chi connectivity index (χ2n) is 5.18. The van der Waals surface area contributed by atoms with Gasteiger partial charge in [-0.15, -0.1) is 24.8 Å². The Hall–Kier alpha value is -0.0700. The van der Waals surface area contributed by atoms with Crippen LogP contribution in [0.3, 0.4) is 0 Å². The maximum absolute atomic E-state index is 11.6. The molecular formula is C13H31Cl2N3O2. The van der Waals surface area contributed by atoms with Gasteiger partial charge in [-0.3, -0.25) is 4.79 Å². The molecule has 0 saturated heterocycles. The second kappa shape index (κ2) is 15.3. The van der Waals surface area contributed by atoms with Crippen molar-refractivity contribution in [2.75, 3.05) is 40.4 Å². The summed E-state index contributed by atoms with van der Waals surface area (Å²) >= 11 is 0. The minimum atomic E-state index is -0.385. The molecule has 5 nitrogen and oxygen atoms in total. The molecule has 124 valence electrons. The van der Waals surface area contributed by atoms with Crippen molar-refractivity contribution in [1.82, 2.24) is 10.2 Å². The lowest BCUT2D eigenvalue weighted by Crippen LogP contribution is -2.43. The van der Waals surface area contributed by atoms with Crippen LogP contribution >= 0.6 is 24.8 Å². The molecule has 0 aliphatic heterocycles. The van der Waals surface area contributed by atoms with Crippen molar-refractivity contribution in [3.05, 3.63) is 0 Å².